The van der Waals surface area contributed by atoms with Crippen LogP contribution < -0.4 is 5.14 Å². The van der Waals surface area contributed by atoms with Crippen LogP contribution in [-0.4, -0.2) is 30.0 Å². The second-order valence-electron chi connectivity index (χ2n) is 2.49. The van der Waals surface area contributed by atoms with Crippen molar-refractivity contribution in [2.75, 3.05) is 12.0 Å². The zero-order valence-corrected chi connectivity index (χ0v) is 8.81. The van der Waals surface area contributed by atoms with Gasteiger partial charge in [-0.05, 0) is 6.26 Å². The van der Waals surface area contributed by atoms with Gasteiger partial charge in [-0.25, -0.2) is 18.5 Å². The van der Waals surface area contributed by atoms with Crippen molar-refractivity contribution in [3.05, 3.63) is 12.5 Å². The topological polar surface area (TPSA) is 78.0 Å². The third-order valence-electron chi connectivity index (χ3n) is 1.45. The molecule has 1 heterocycles. The Balaban J connectivity index is 2.76. The molecule has 7 heteroatoms. The van der Waals surface area contributed by atoms with E-state index in [2.05, 4.69) is 4.98 Å². The fourth-order valence-corrected chi connectivity index (χ4v) is 1.68. The zero-order chi connectivity index (χ0) is 9.90. The van der Waals surface area contributed by atoms with E-state index in [4.69, 9.17) is 5.14 Å². The second kappa shape index (κ2) is 4.12. The van der Waals surface area contributed by atoms with Gasteiger partial charge >= 0.3 is 0 Å². The summed E-state index contributed by atoms with van der Waals surface area (Å²) in [6.07, 6.45) is 4.89. The molecule has 1 aromatic heterocycles. The fourth-order valence-electron chi connectivity index (χ4n) is 0.805. The number of imidazole rings is 1. The molecule has 1 aromatic rings. The van der Waals surface area contributed by atoms with Crippen LogP contribution in [0.5, 0.6) is 0 Å². The van der Waals surface area contributed by atoms with Crippen LogP contribution in [0.15, 0.2) is 17.6 Å². The lowest BCUT2D eigenvalue weighted by atomic mass is 10.7. The minimum Gasteiger partial charge on any atom is -0.335 e. The summed E-state index contributed by atoms with van der Waals surface area (Å²) < 4.78 is 23.3. The molecular weight excluding hydrogens is 210 g/mol. The number of nitrogens with two attached hydrogens (primary N) is 1. The number of primary sulfonamides is 1. The Bertz CT molecular complexity index is 371. The molecule has 1 rings (SSSR count). The number of sulfonamides is 1. The van der Waals surface area contributed by atoms with Crippen LogP contribution in [0.1, 0.15) is 0 Å². The molecule has 0 saturated heterocycles. The van der Waals surface area contributed by atoms with Crippen molar-refractivity contribution in [1.82, 2.24) is 9.55 Å². The maximum Gasteiger partial charge on any atom is 0.257 e. The van der Waals surface area contributed by atoms with Gasteiger partial charge in [-0.3, -0.25) is 0 Å². The number of rotatable bonds is 4. The van der Waals surface area contributed by atoms with Crippen LogP contribution in [0, 0.1) is 0 Å². The molecule has 0 bridgehead atoms. The summed E-state index contributed by atoms with van der Waals surface area (Å²) in [7, 11) is -3.65. The first-order chi connectivity index (χ1) is 6.04. The van der Waals surface area contributed by atoms with E-state index in [1.807, 2.05) is 6.26 Å². The summed E-state index contributed by atoms with van der Waals surface area (Å²) in [5.74, 6) is 0.917. The molecule has 0 amide bonds. The van der Waals surface area contributed by atoms with Gasteiger partial charge in [-0.1, -0.05) is 0 Å². The smallest absolute Gasteiger partial charge is 0.257 e. The van der Waals surface area contributed by atoms with Crippen molar-refractivity contribution in [2.24, 2.45) is 5.14 Å². The molecule has 0 fully saturated rings. The third kappa shape index (κ3) is 3.02. The molecule has 0 spiro atoms. The van der Waals surface area contributed by atoms with Crippen LogP contribution in [0.25, 0.3) is 0 Å². The van der Waals surface area contributed by atoms with Crippen molar-refractivity contribution in [3.63, 3.8) is 0 Å². The van der Waals surface area contributed by atoms with Crippen molar-refractivity contribution in [1.29, 1.82) is 0 Å². The number of aryl methyl sites for hydroxylation is 1. The molecule has 0 aromatic carbocycles. The summed E-state index contributed by atoms with van der Waals surface area (Å²) >= 11 is 1.68. The van der Waals surface area contributed by atoms with Gasteiger partial charge in [0.15, 0.2) is 5.03 Å². The maximum absolute atomic E-state index is 10.8. The quantitative estimate of drug-likeness (QED) is 0.769. The summed E-state index contributed by atoms with van der Waals surface area (Å²) in [5.41, 5.74) is 0. The van der Waals surface area contributed by atoms with Gasteiger partial charge in [0.2, 0.25) is 0 Å². The summed E-state index contributed by atoms with van der Waals surface area (Å²) in [6, 6.07) is 0. The van der Waals surface area contributed by atoms with E-state index in [0.717, 1.165) is 12.3 Å². The largest absolute Gasteiger partial charge is 0.335 e. The number of hydrogen-bond donors (Lipinski definition) is 1. The predicted molar refractivity (Wildman–Crippen MR) is 52.0 cm³/mol. The average molecular weight is 221 g/mol. The fraction of sp³-hybridized carbons (Fsp3) is 0.500. The first-order valence-electron chi connectivity index (χ1n) is 3.57. The first kappa shape index (κ1) is 10.6. The standard InChI is InChI=1S/C6H11N3O2S2/c1-12-3-2-9-4-6(8-5-9)13(7,10)11/h4-5H,2-3H2,1H3,(H2,7,10,11). The maximum atomic E-state index is 10.8. The molecule has 0 atom stereocenters. The predicted octanol–water partition coefficient (Wildman–Crippen LogP) is -0.106. The Labute approximate surface area is 81.4 Å². The van der Waals surface area contributed by atoms with Crippen LogP contribution in [0.4, 0.5) is 0 Å². The highest BCUT2D eigenvalue weighted by Crippen LogP contribution is 2.03. The van der Waals surface area contributed by atoms with Gasteiger partial charge in [-0.15, -0.1) is 0 Å². The van der Waals surface area contributed by atoms with Gasteiger partial charge < -0.3 is 4.57 Å². The molecule has 0 aliphatic rings. The van der Waals surface area contributed by atoms with E-state index >= 15 is 0 Å². The number of thioether (sulfide) groups is 1. The molecule has 13 heavy (non-hydrogen) atoms. The van der Waals surface area contributed by atoms with Crippen molar-refractivity contribution < 1.29 is 8.42 Å². The molecular formula is C6H11N3O2S2. The van der Waals surface area contributed by atoms with Crippen LogP contribution >= 0.6 is 11.8 Å². The first-order valence-corrected chi connectivity index (χ1v) is 6.51. The monoisotopic (exact) mass is 221 g/mol. The van der Waals surface area contributed by atoms with E-state index in [1.165, 1.54) is 12.5 Å². The lowest BCUT2D eigenvalue weighted by Gasteiger charge is -1.97. The van der Waals surface area contributed by atoms with E-state index in [9.17, 15) is 8.42 Å². The Morgan fingerprint density at radius 3 is 2.85 bits per heavy atom. The molecule has 0 aliphatic heterocycles. The van der Waals surface area contributed by atoms with Gasteiger partial charge in [0, 0.05) is 18.5 Å². The van der Waals surface area contributed by atoms with E-state index in [-0.39, 0.29) is 5.03 Å². The van der Waals surface area contributed by atoms with Crippen LogP contribution in [0.3, 0.4) is 0 Å². The van der Waals surface area contributed by atoms with Crippen molar-refractivity contribution in [3.8, 4) is 0 Å². The van der Waals surface area contributed by atoms with Gasteiger partial charge in [0.25, 0.3) is 10.0 Å². The van der Waals surface area contributed by atoms with Crippen LogP contribution in [-0.2, 0) is 16.6 Å². The van der Waals surface area contributed by atoms with Crippen LogP contribution in [0.2, 0.25) is 0 Å². The average Bonchev–Trinajstić information content (AvgIpc) is 2.47. The normalized spacial score (nSPS) is 11.8. The number of aromatic nitrogens is 2. The van der Waals surface area contributed by atoms with Gasteiger partial charge in [0.1, 0.15) is 0 Å². The SMILES string of the molecule is CSCCn1cnc(S(N)(=O)=O)c1. The highest BCUT2D eigenvalue weighted by molar-refractivity contribution is 7.98. The Kier molecular flexibility index (Phi) is 3.34. The minimum absolute atomic E-state index is 0.0754. The Hall–Kier alpha value is -0.530. The zero-order valence-electron chi connectivity index (χ0n) is 7.17. The molecule has 0 radical (unpaired) electrons. The molecule has 0 saturated carbocycles. The summed E-state index contributed by atoms with van der Waals surface area (Å²) in [4.78, 5) is 3.68. The lowest BCUT2D eigenvalue weighted by molar-refractivity contribution is 0.594. The van der Waals surface area contributed by atoms with Gasteiger partial charge in [0.05, 0.1) is 6.33 Å². The molecule has 74 valence electrons. The summed E-state index contributed by atoms with van der Waals surface area (Å²) in [6.45, 7) is 0.740. The van der Waals surface area contributed by atoms with Crippen molar-refractivity contribution in [2.45, 2.75) is 11.6 Å². The Morgan fingerprint density at radius 1 is 1.69 bits per heavy atom. The third-order valence-corrected chi connectivity index (χ3v) is 2.84. The molecule has 0 unspecified atom stereocenters. The van der Waals surface area contributed by atoms with Crippen molar-refractivity contribution >= 4 is 21.8 Å². The highest BCUT2D eigenvalue weighted by atomic mass is 32.2. The number of nitrogens with zero attached hydrogens (tertiary/aromatic N) is 2. The van der Waals surface area contributed by atoms with Gasteiger partial charge in [-0.2, -0.15) is 11.8 Å². The molecule has 5 nitrogen and oxygen atoms in total. The molecule has 2 N–H and O–H groups in total. The second-order valence-corrected chi connectivity index (χ2v) is 4.98. The highest BCUT2D eigenvalue weighted by Gasteiger charge is 2.10. The van der Waals surface area contributed by atoms with E-state index in [1.54, 1.807) is 16.3 Å². The lowest BCUT2D eigenvalue weighted by Crippen LogP contribution is -2.12. The van der Waals surface area contributed by atoms with E-state index in [0.29, 0.717) is 0 Å². The number of hydrogen-bond acceptors (Lipinski definition) is 4. The Morgan fingerprint density at radius 2 is 2.38 bits per heavy atom. The molecule has 0 aliphatic carbocycles. The minimum atomic E-state index is -3.65. The van der Waals surface area contributed by atoms with E-state index < -0.39 is 10.0 Å². The summed E-state index contributed by atoms with van der Waals surface area (Å²) in [5, 5.41) is 4.81.